The van der Waals surface area contributed by atoms with Crippen molar-refractivity contribution in [2.24, 2.45) is 18.7 Å². The van der Waals surface area contributed by atoms with Gasteiger partial charge in [0.1, 0.15) is 0 Å². The van der Waals surface area contributed by atoms with E-state index < -0.39 is 0 Å². The first-order valence-corrected chi connectivity index (χ1v) is 7.28. The standard InChI is InChI=1S/C15H28N4.ClH/c1-11(16)12-6-7-19(9-12)10-13-8-18(5)17-14(13)15(2,3)4;/h8,11-12H,6-7,9-10,16H2,1-5H3;1H. The summed E-state index contributed by atoms with van der Waals surface area (Å²) in [5.74, 6) is 0.648. The molecule has 1 aromatic heterocycles. The first-order valence-electron chi connectivity index (χ1n) is 7.28. The maximum absolute atomic E-state index is 6.01. The minimum Gasteiger partial charge on any atom is -0.328 e. The Morgan fingerprint density at radius 2 is 2.10 bits per heavy atom. The van der Waals surface area contributed by atoms with Crippen molar-refractivity contribution in [1.82, 2.24) is 14.7 Å². The summed E-state index contributed by atoms with van der Waals surface area (Å²) in [5, 5.41) is 4.64. The quantitative estimate of drug-likeness (QED) is 0.932. The van der Waals surface area contributed by atoms with Crippen LogP contribution in [0.25, 0.3) is 0 Å². The second-order valence-electron chi connectivity index (χ2n) is 7.07. The van der Waals surface area contributed by atoms with Gasteiger partial charge in [-0.1, -0.05) is 20.8 Å². The third-order valence-electron chi connectivity index (χ3n) is 4.06. The summed E-state index contributed by atoms with van der Waals surface area (Å²) in [6.07, 6.45) is 3.39. The lowest BCUT2D eigenvalue weighted by Gasteiger charge is -2.21. The van der Waals surface area contributed by atoms with E-state index in [1.165, 1.54) is 17.7 Å². The fourth-order valence-corrected chi connectivity index (χ4v) is 2.96. The number of nitrogens with two attached hydrogens (primary N) is 1. The van der Waals surface area contributed by atoms with Crippen LogP contribution in [0.15, 0.2) is 6.20 Å². The summed E-state index contributed by atoms with van der Waals surface area (Å²) in [6.45, 7) is 12.1. The van der Waals surface area contributed by atoms with Crippen molar-refractivity contribution >= 4 is 12.4 Å². The summed E-state index contributed by atoms with van der Waals surface area (Å²) in [6, 6.07) is 0.306. The van der Waals surface area contributed by atoms with Gasteiger partial charge in [0, 0.05) is 43.4 Å². The molecule has 2 heterocycles. The maximum Gasteiger partial charge on any atom is 0.0722 e. The second kappa shape index (κ2) is 6.46. The largest absolute Gasteiger partial charge is 0.328 e. The van der Waals surface area contributed by atoms with Crippen molar-refractivity contribution in [3.8, 4) is 0 Å². The monoisotopic (exact) mass is 300 g/mol. The molecule has 0 bridgehead atoms. The van der Waals surface area contributed by atoms with Crippen LogP contribution in [0.1, 0.15) is 45.4 Å². The number of hydrogen-bond donors (Lipinski definition) is 1. The van der Waals surface area contributed by atoms with Crippen molar-refractivity contribution in [2.75, 3.05) is 13.1 Å². The summed E-state index contributed by atoms with van der Waals surface area (Å²) in [7, 11) is 2.01. The zero-order chi connectivity index (χ0) is 14.2. The molecule has 0 aliphatic carbocycles. The van der Waals surface area contributed by atoms with E-state index in [4.69, 9.17) is 5.73 Å². The molecule has 2 unspecified atom stereocenters. The molecule has 5 heteroatoms. The molecule has 1 fully saturated rings. The summed E-state index contributed by atoms with van der Waals surface area (Å²) < 4.78 is 1.94. The Kier molecular flexibility index (Phi) is 5.64. The minimum atomic E-state index is 0. The van der Waals surface area contributed by atoms with Gasteiger partial charge in [-0.2, -0.15) is 5.10 Å². The molecule has 0 aromatic carbocycles. The average Bonchev–Trinajstić information content (AvgIpc) is 2.85. The van der Waals surface area contributed by atoms with Gasteiger partial charge in [-0.15, -0.1) is 12.4 Å². The van der Waals surface area contributed by atoms with E-state index in [1.807, 2.05) is 11.7 Å². The summed E-state index contributed by atoms with van der Waals surface area (Å²) in [4.78, 5) is 2.51. The predicted molar refractivity (Wildman–Crippen MR) is 86.2 cm³/mol. The van der Waals surface area contributed by atoms with Crippen LogP contribution in [0, 0.1) is 5.92 Å². The van der Waals surface area contributed by atoms with Crippen LogP contribution in [0.4, 0.5) is 0 Å². The van der Waals surface area contributed by atoms with Gasteiger partial charge in [0.25, 0.3) is 0 Å². The van der Waals surface area contributed by atoms with E-state index in [9.17, 15) is 0 Å². The Labute approximate surface area is 129 Å². The van der Waals surface area contributed by atoms with Crippen LogP contribution >= 0.6 is 12.4 Å². The van der Waals surface area contributed by atoms with Gasteiger partial charge in [-0.25, -0.2) is 0 Å². The first-order chi connectivity index (χ1) is 8.77. The van der Waals surface area contributed by atoms with Crippen LogP contribution in [-0.4, -0.2) is 33.8 Å². The molecule has 2 rings (SSSR count). The molecule has 116 valence electrons. The molecule has 0 radical (unpaired) electrons. The third-order valence-corrected chi connectivity index (χ3v) is 4.06. The predicted octanol–water partition coefficient (Wildman–Crippen LogP) is 2.31. The lowest BCUT2D eigenvalue weighted by Crippen LogP contribution is -2.30. The van der Waals surface area contributed by atoms with Gasteiger partial charge >= 0.3 is 0 Å². The van der Waals surface area contributed by atoms with Crippen molar-refractivity contribution in [2.45, 2.75) is 52.1 Å². The molecule has 2 atom stereocenters. The van der Waals surface area contributed by atoms with E-state index >= 15 is 0 Å². The van der Waals surface area contributed by atoms with Crippen LogP contribution < -0.4 is 5.73 Å². The average molecular weight is 301 g/mol. The second-order valence-corrected chi connectivity index (χ2v) is 7.07. The lowest BCUT2D eigenvalue weighted by molar-refractivity contribution is 0.306. The topological polar surface area (TPSA) is 47.1 Å². The fourth-order valence-electron chi connectivity index (χ4n) is 2.96. The van der Waals surface area contributed by atoms with E-state index in [0.717, 1.165) is 19.6 Å². The van der Waals surface area contributed by atoms with Gasteiger partial charge in [0.2, 0.25) is 0 Å². The summed E-state index contributed by atoms with van der Waals surface area (Å²) in [5.41, 5.74) is 8.70. The molecule has 20 heavy (non-hydrogen) atoms. The number of aryl methyl sites for hydroxylation is 1. The molecule has 4 nitrogen and oxygen atoms in total. The van der Waals surface area contributed by atoms with Crippen molar-refractivity contribution in [1.29, 1.82) is 0 Å². The summed E-state index contributed by atoms with van der Waals surface area (Å²) >= 11 is 0. The Balaban J connectivity index is 0.00000200. The first kappa shape index (κ1) is 17.5. The highest BCUT2D eigenvalue weighted by Crippen LogP contribution is 2.27. The highest BCUT2D eigenvalue weighted by molar-refractivity contribution is 5.85. The number of likely N-dealkylation sites (tertiary alicyclic amines) is 1. The molecular formula is C15H29ClN4. The molecule has 1 saturated heterocycles. The Bertz CT molecular complexity index is 434. The van der Waals surface area contributed by atoms with Crippen LogP contribution in [0.3, 0.4) is 0 Å². The molecule has 1 aliphatic heterocycles. The van der Waals surface area contributed by atoms with Gasteiger partial charge in [-0.05, 0) is 25.8 Å². The molecule has 1 aliphatic rings. The number of halogens is 1. The Hall–Kier alpha value is -0.580. The number of hydrogen-bond acceptors (Lipinski definition) is 3. The number of aromatic nitrogens is 2. The van der Waals surface area contributed by atoms with Crippen molar-refractivity contribution in [3.63, 3.8) is 0 Å². The van der Waals surface area contributed by atoms with E-state index in [1.54, 1.807) is 0 Å². The molecule has 0 amide bonds. The minimum absolute atomic E-state index is 0. The smallest absolute Gasteiger partial charge is 0.0722 e. The number of nitrogens with zero attached hydrogens (tertiary/aromatic N) is 3. The highest BCUT2D eigenvalue weighted by atomic mass is 35.5. The van der Waals surface area contributed by atoms with Gasteiger partial charge < -0.3 is 5.73 Å². The molecule has 0 saturated carbocycles. The molecule has 1 aromatic rings. The highest BCUT2D eigenvalue weighted by Gasteiger charge is 2.28. The van der Waals surface area contributed by atoms with Gasteiger partial charge in [0.05, 0.1) is 5.69 Å². The molecule has 2 N–H and O–H groups in total. The van der Waals surface area contributed by atoms with E-state index in [2.05, 4.69) is 43.9 Å². The van der Waals surface area contributed by atoms with Crippen molar-refractivity contribution < 1.29 is 0 Å². The van der Waals surface area contributed by atoms with Crippen LogP contribution in [0.2, 0.25) is 0 Å². The number of rotatable bonds is 3. The normalized spacial score (nSPS) is 21.8. The SMILES string of the molecule is CC(N)C1CCN(Cc2cn(C)nc2C(C)(C)C)C1.Cl. The van der Waals surface area contributed by atoms with Gasteiger partial charge in [-0.3, -0.25) is 9.58 Å². The fraction of sp³-hybridized carbons (Fsp3) is 0.800. The van der Waals surface area contributed by atoms with Crippen LogP contribution in [-0.2, 0) is 19.0 Å². The Morgan fingerprint density at radius 3 is 2.60 bits per heavy atom. The maximum atomic E-state index is 6.01. The lowest BCUT2D eigenvalue weighted by atomic mass is 9.89. The molecule has 0 spiro atoms. The third kappa shape index (κ3) is 3.96. The van der Waals surface area contributed by atoms with Gasteiger partial charge in [0.15, 0.2) is 0 Å². The van der Waals surface area contributed by atoms with E-state index in [-0.39, 0.29) is 17.8 Å². The zero-order valence-electron chi connectivity index (χ0n) is 13.4. The van der Waals surface area contributed by atoms with E-state index in [0.29, 0.717) is 12.0 Å². The molecular weight excluding hydrogens is 272 g/mol. The van der Waals surface area contributed by atoms with Crippen LogP contribution in [0.5, 0.6) is 0 Å². The zero-order valence-corrected chi connectivity index (χ0v) is 14.2. The Morgan fingerprint density at radius 1 is 1.45 bits per heavy atom. The van der Waals surface area contributed by atoms with Crippen molar-refractivity contribution in [3.05, 3.63) is 17.5 Å².